The largest absolute Gasteiger partial charge is 0.378 e. The van der Waals surface area contributed by atoms with Crippen molar-refractivity contribution in [2.24, 2.45) is 0 Å². The SMILES string of the molecule is CN(C)c1ccc(CNC(=O)C(Sc2ccccc2)c2ccccc2)cc1. The molecular formula is C23H24N2OS. The van der Waals surface area contributed by atoms with Gasteiger partial charge in [0.05, 0.1) is 0 Å². The van der Waals surface area contributed by atoms with Crippen LogP contribution in [-0.4, -0.2) is 20.0 Å². The molecule has 1 unspecified atom stereocenters. The average Bonchev–Trinajstić information content (AvgIpc) is 2.72. The first kappa shape index (κ1) is 19.1. The smallest absolute Gasteiger partial charge is 0.238 e. The Hall–Kier alpha value is -2.72. The normalized spacial score (nSPS) is 11.6. The molecule has 3 rings (SSSR count). The highest BCUT2D eigenvalue weighted by Gasteiger charge is 2.21. The van der Waals surface area contributed by atoms with Gasteiger partial charge >= 0.3 is 0 Å². The van der Waals surface area contributed by atoms with Gasteiger partial charge in [-0.25, -0.2) is 0 Å². The summed E-state index contributed by atoms with van der Waals surface area (Å²) in [6.07, 6.45) is 0. The van der Waals surface area contributed by atoms with Crippen molar-refractivity contribution in [3.63, 3.8) is 0 Å². The number of amides is 1. The van der Waals surface area contributed by atoms with Gasteiger partial charge in [0.2, 0.25) is 5.91 Å². The minimum atomic E-state index is -0.283. The lowest BCUT2D eigenvalue weighted by atomic mass is 10.1. The molecule has 0 aromatic heterocycles. The maximum Gasteiger partial charge on any atom is 0.238 e. The van der Waals surface area contributed by atoms with E-state index in [1.165, 1.54) is 0 Å². The first-order valence-electron chi connectivity index (χ1n) is 8.94. The minimum absolute atomic E-state index is 0.0201. The molecular weight excluding hydrogens is 352 g/mol. The number of carbonyl (C=O) groups is 1. The molecule has 0 aliphatic heterocycles. The zero-order valence-electron chi connectivity index (χ0n) is 15.6. The third-order valence-electron chi connectivity index (χ3n) is 4.26. The van der Waals surface area contributed by atoms with Crippen molar-refractivity contribution in [3.05, 3.63) is 96.1 Å². The van der Waals surface area contributed by atoms with Crippen LogP contribution >= 0.6 is 11.8 Å². The van der Waals surface area contributed by atoms with Crippen LogP contribution in [0.3, 0.4) is 0 Å². The van der Waals surface area contributed by atoms with Crippen LogP contribution < -0.4 is 10.2 Å². The molecule has 0 heterocycles. The summed E-state index contributed by atoms with van der Waals surface area (Å²) in [7, 11) is 4.03. The Morgan fingerprint density at radius 3 is 2.07 bits per heavy atom. The van der Waals surface area contributed by atoms with Crippen molar-refractivity contribution in [2.45, 2.75) is 16.7 Å². The number of benzene rings is 3. The summed E-state index contributed by atoms with van der Waals surface area (Å²) in [4.78, 5) is 16.1. The van der Waals surface area contributed by atoms with E-state index in [0.717, 1.165) is 21.7 Å². The highest BCUT2D eigenvalue weighted by Crippen LogP contribution is 2.35. The Balaban J connectivity index is 1.71. The Labute approximate surface area is 165 Å². The van der Waals surface area contributed by atoms with Gasteiger partial charge in [0.15, 0.2) is 0 Å². The molecule has 0 radical (unpaired) electrons. The summed E-state index contributed by atoms with van der Waals surface area (Å²) in [5.74, 6) is 0.0201. The van der Waals surface area contributed by atoms with E-state index in [0.29, 0.717) is 6.54 Å². The second-order valence-electron chi connectivity index (χ2n) is 6.50. The molecule has 0 bridgehead atoms. The summed E-state index contributed by atoms with van der Waals surface area (Å²) in [6, 6.07) is 28.2. The number of hydrogen-bond acceptors (Lipinski definition) is 3. The zero-order valence-corrected chi connectivity index (χ0v) is 16.4. The highest BCUT2D eigenvalue weighted by molar-refractivity contribution is 8.00. The van der Waals surface area contributed by atoms with Crippen molar-refractivity contribution in [2.75, 3.05) is 19.0 Å². The van der Waals surface area contributed by atoms with Gasteiger partial charge in [-0.05, 0) is 35.4 Å². The Bertz CT molecular complexity index is 849. The van der Waals surface area contributed by atoms with Crippen molar-refractivity contribution in [1.82, 2.24) is 5.32 Å². The fourth-order valence-electron chi connectivity index (χ4n) is 2.73. The summed E-state index contributed by atoms with van der Waals surface area (Å²) in [5, 5.41) is 2.81. The van der Waals surface area contributed by atoms with E-state index in [1.54, 1.807) is 11.8 Å². The number of hydrogen-bond donors (Lipinski definition) is 1. The standard InChI is InChI=1S/C23H24N2OS/c1-25(2)20-15-13-18(14-16-20)17-24-23(26)22(19-9-5-3-6-10-19)27-21-11-7-4-8-12-21/h3-16,22H,17H2,1-2H3,(H,24,26). The molecule has 27 heavy (non-hydrogen) atoms. The quantitative estimate of drug-likeness (QED) is 0.595. The number of thioether (sulfide) groups is 1. The van der Waals surface area contributed by atoms with Crippen molar-refractivity contribution in [3.8, 4) is 0 Å². The average molecular weight is 377 g/mol. The lowest BCUT2D eigenvalue weighted by Gasteiger charge is -2.17. The van der Waals surface area contributed by atoms with E-state index in [4.69, 9.17) is 0 Å². The molecule has 138 valence electrons. The Morgan fingerprint density at radius 2 is 1.48 bits per heavy atom. The van der Waals surface area contributed by atoms with Gasteiger partial charge in [-0.2, -0.15) is 0 Å². The van der Waals surface area contributed by atoms with E-state index < -0.39 is 0 Å². The monoisotopic (exact) mass is 376 g/mol. The molecule has 3 nitrogen and oxygen atoms in total. The topological polar surface area (TPSA) is 32.3 Å². The molecule has 0 aliphatic rings. The maximum absolute atomic E-state index is 13.0. The van der Waals surface area contributed by atoms with Crippen LogP contribution in [0.5, 0.6) is 0 Å². The number of nitrogens with zero attached hydrogens (tertiary/aromatic N) is 1. The van der Waals surface area contributed by atoms with Gasteiger partial charge in [0.25, 0.3) is 0 Å². The molecule has 1 amide bonds. The van der Waals surface area contributed by atoms with E-state index >= 15 is 0 Å². The Morgan fingerprint density at radius 1 is 0.889 bits per heavy atom. The molecule has 3 aromatic rings. The van der Waals surface area contributed by atoms with Gasteiger partial charge in [-0.1, -0.05) is 60.7 Å². The van der Waals surface area contributed by atoms with Crippen molar-refractivity contribution < 1.29 is 4.79 Å². The predicted molar refractivity (Wildman–Crippen MR) is 114 cm³/mol. The molecule has 0 saturated carbocycles. The van der Waals surface area contributed by atoms with Crippen LogP contribution in [0.25, 0.3) is 0 Å². The van der Waals surface area contributed by atoms with E-state index in [2.05, 4.69) is 34.5 Å². The van der Waals surface area contributed by atoms with E-state index in [9.17, 15) is 4.79 Å². The van der Waals surface area contributed by atoms with Gasteiger partial charge in [-0.3, -0.25) is 4.79 Å². The molecule has 1 atom stereocenters. The second kappa shape index (κ2) is 9.28. The fraction of sp³-hybridized carbons (Fsp3) is 0.174. The molecule has 0 fully saturated rings. The molecule has 4 heteroatoms. The second-order valence-corrected chi connectivity index (χ2v) is 7.68. The first-order chi connectivity index (χ1) is 13.1. The maximum atomic E-state index is 13.0. The van der Waals surface area contributed by atoms with Gasteiger partial charge in [0.1, 0.15) is 5.25 Å². The summed E-state index contributed by atoms with van der Waals surface area (Å²) in [5.41, 5.74) is 3.24. The number of nitrogens with one attached hydrogen (secondary N) is 1. The van der Waals surface area contributed by atoms with Crippen LogP contribution in [0.15, 0.2) is 89.8 Å². The molecule has 3 aromatic carbocycles. The molecule has 0 saturated heterocycles. The Kier molecular flexibility index (Phi) is 6.55. The van der Waals surface area contributed by atoms with E-state index in [-0.39, 0.29) is 11.2 Å². The summed E-state index contributed by atoms with van der Waals surface area (Å²) in [6.45, 7) is 0.519. The summed E-state index contributed by atoms with van der Waals surface area (Å²) >= 11 is 1.57. The fourth-order valence-corrected chi connectivity index (χ4v) is 3.80. The number of rotatable bonds is 7. The molecule has 1 N–H and O–H groups in total. The minimum Gasteiger partial charge on any atom is -0.378 e. The van der Waals surface area contributed by atoms with Crippen molar-refractivity contribution >= 4 is 23.4 Å². The molecule has 0 spiro atoms. The lowest BCUT2D eigenvalue weighted by Crippen LogP contribution is -2.27. The van der Waals surface area contributed by atoms with Crippen LogP contribution in [0.1, 0.15) is 16.4 Å². The molecule has 0 aliphatic carbocycles. The predicted octanol–water partition coefficient (Wildman–Crippen LogP) is 4.90. The van der Waals surface area contributed by atoms with Crippen LogP contribution in [0.4, 0.5) is 5.69 Å². The van der Waals surface area contributed by atoms with Gasteiger partial charge in [-0.15, -0.1) is 11.8 Å². The van der Waals surface area contributed by atoms with Crippen LogP contribution in [-0.2, 0) is 11.3 Å². The van der Waals surface area contributed by atoms with E-state index in [1.807, 2.05) is 74.8 Å². The first-order valence-corrected chi connectivity index (χ1v) is 9.82. The third kappa shape index (κ3) is 5.38. The lowest BCUT2D eigenvalue weighted by molar-refractivity contribution is -0.120. The zero-order chi connectivity index (χ0) is 19.1. The van der Waals surface area contributed by atoms with Crippen LogP contribution in [0.2, 0.25) is 0 Å². The third-order valence-corrected chi connectivity index (χ3v) is 5.52. The van der Waals surface area contributed by atoms with Crippen LogP contribution in [0, 0.1) is 0 Å². The highest BCUT2D eigenvalue weighted by atomic mass is 32.2. The van der Waals surface area contributed by atoms with Crippen molar-refractivity contribution in [1.29, 1.82) is 0 Å². The number of carbonyl (C=O) groups excluding carboxylic acids is 1. The van der Waals surface area contributed by atoms with Gasteiger partial charge < -0.3 is 10.2 Å². The van der Waals surface area contributed by atoms with Gasteiger partial charge in [0, 0.05) is 31.2 Å². The summed E-state index contributed by atoms with van der Waals surface area (Å²) < 4.78 is 0. The number of anilines is 1.